The van der Waals surface area contributed by atoms with E-state index in [1.807, 2.05) is 0 Å². The largest absolute Gasteiger partial charge is 0.369 e. The third-order valence-corrected chi connectivity index (χ3v) is 1.66. The van der Waals surface area contributed by atoms with E-state index in [2.05, 4.69) is 4.74 Å². The van der Waals surface area contributed by atoms with E-state index in [1.165, 1.54) is 13.2 Å². The zero-order valence-electron chi connectivity index (χ0n) is 6.96. The van der Waals surface area contributed by atoms with Crippen LogP contribution in [0.25, 0.3) is 0 Å². The van der Waals surface area contributed by atoms with Crippen molar-refractivity contribution in [1.82, 2.24) is 0 Å². The van der Waals surface area contributed by atoms with Crippen molar-refractivity contribution in [2.45, 2.75) is 6.10 Å². The molecule has 0 saturated carbocycles. The molecule has 0 bridgehead atoms. The van der Waals surface area contributed by atoms with Crippen molar-refractivity contribution >= 4 is 6.29 Å². The normalized spacial score (nSPS) is 12.5. The minimum absolute atomic E-state index is 0.347. The fourth-order valence-electron chi connectivity index (χ4n) is 1.02. The van der Waals surface area contributed by atoms with E-state index < -0.39 is 17.7 Å². The Balaban J connectivity index is 3.17. The van der Waals surface area contributed by atoms with Gasteiger partial charge < -0.3 is 9.53 Å². The average molecular weight is 186 g/mol. The molecule has 4 heteroatoms. The van der Waals surface area contributed by atoms with Gasteiger partial charge in [0, 0.05) is 7.11 Å². The first kappa shape index (κ1) is 9.80. The second kappa shape index (κ2) is 4.09. The third kappa shape index (κ3) is 1.89. The summed E-state index contributed by atoms with van der Waals surface area (Å²) >= 11 is 0. The van der Waals surface area contributed by atoms with Gasteiger partial charge in [0.05, 0.1) is 5.56 Å². The Hall–Kier alpha value is -1.29. The second-order valence-corrected chi connectivity index (χ2v) is 2.43. The van der Waals surface area contributed by atoms with E-state index in [0.717, 1.165) is 12.1 Å². The molecule has 0 aliphatic carbocycles. The average Bonchev–Trinajstić information content (AvgIpc) is 2.11. The predicted molar refractivity (Wildman–Crippen MR) is 42.2 cm³/mol. The molecule has 0 radical (unpaired) electrons. The van der Waals surface area contributed by atoms with E-state index in [0.29, 0.717) is 6.29 Å². The van der Waals surface area contributed by atoms with Gasteiger partial charge >= 0.3 is 0 Å². The predicted octanol–water partition coefficient (Wildman–Crippen LogP) is 1.85. The number of halogens is 2. The molecule has 0 spiro atoms. The molecule has 13 heavy (non-hydrogen) atoms. The monoisotopic (exact) mass is 186 g/mol. The lowest BCUT2D eigenvalue weighted by Gasteiger charge is -2.09. The highest BCUT2D eigenvalue weighted by molar-refractivity contribution is 5.60. The molecule has 1 aromatic carbocycles. The molecule has 1 aromatic rings. The lowest BCUT2D eigenvalue weighted by molar-refractivity contribution is -0.117. The summed E-state index contributed by atoms with van der Waals surface area (Å²) in [6.07, 6.45) is -0.831. The molecule has 0 aromatic heterocycles. The van der Waals surface area contributed by atoms with E-state index in [-0.39, 0.29) is 5.56 Å². The van der Waals surface area contributed by atoms with E-state index in [4.69, 9.17) is 0 Å². The van der Waals surface area contributed by atoms with E-state index in [1.54, 1.807) is 0 Å². The Bertz CT molecular complexity index is 292. The second-order valence-electron chi connectivity index (χ2n) is 2.43. The van der Waals surface area contributed by atoms with Crippen LogP contribution in [-0.4, -0.2) is 13.4 Å². The Morgan fingerprint density at radius 3 is 2.31 bits per heavy atom. The molecule has 0 aliphatic heterocycles. The first-order valence-corrected chi connectivity index (χ1v) is 3.62. The fraction of sp³-hybridized carbons (Fsp3) is 0.222. The molecule has 70 valence electrons. The summed E-state index contributed by atoms with van der Waals surface area (Å²) in [5.74, 6) is -1.56. The standard InChI is InChI=1S/C9H8F2O2/c1-13-8(5-12)9-6(10)3-2-4-7(9)11/h2-5,8H,1H3/t8-/m1/s1. The first-order valence-electron chi connectivity index (χ1n) is 3.62. The summed E-state index contributed by atoms with van der Waals surface area (Å²) < 4.78 is 30.6. The molecule has 2 nitrogen and oxygen atoms in total. The van der Waals surface area contributed by atoms with Crippen LogP contribution in [0, 0.1) is 11.6 Å². The maximum absolute atomic E-state index is 13.0. The van der Waals surface area contributed by atoms with Crippen LogP contribution < -0.4 is 0 Å². The van der Waals surface area contributed by atoms with Crippen LogP contribution in [0.2, 0.25) is 0 Å². The highest BCUT2D eigenvalue weighted by atomic mass is 19.1. The summed E-state index contributed by atoms with van der Waals surface area (Å²) in [7, 11) is 1.21. The van der Waals surface area contributed by atoms with Crippen molar-refractivity contribution in [3.05, 3.63) is 35.4 Å². The van der Waals surface area contributed by atoms with E-state index in [9.17, 15) is 13.6 Å². The lowest BCUT2D eigenvalue weighted by Crippen LogP contribution is -2.07. The molecule has 0 aliphatic rings. The molecule has 0 fully saturated rings. The van der Waals surface area contributed by atoms with Crippen LogP contribution >= 0.6 is 0 Å². The Kier molecular flexibility index (Phi) is 3.08. The Morgan fingerprint density at radius 2 is 1.92 bits per heavy atom. The van der Waals surface area contributed by atoms with Crippen molar-refractivity contribution in [3.8, 4) is 0 Å². The molecule has 1 rings (SSSR count). The maximum Gasteiger partial charge on any atom is 0.153 e. The van der Waals surface area contributed by atoms with Gasteiger partial charge in [-0.3, -0.25) is 0 Å². The molecule has 0 unspecified atom stereocenters. The number of methoxy groups -OCH3 is 1. The molecule has 1 atom stereocenters. The van der Waals surface area contributed by atoms with Crippen LogP contribution in [0.5, 0.6) is 0 Å². The summed E-state index contributed by atoms with van der Waals surface area (Å²) in [5, 5.41) is 0. The maximum atomic E-state index is 13.0. The number of ether oxygens (including phenoxy) is 1. The molecular weight excluding hydrogens is 178 g/mol. The first-order chi connectivity index (χ1) is 6.20. The molecule has 0 N–H and O–H groups in total. The van der Waals surface area contributed by atoms with Crippen molar-refractivity contribution in [3.63, 3.8) is 0 Å². The van der Waals surface area contributed by atoms with Crippen LogP contribution in [-0.2, 0) is 9.53 Å². The summed E-state index contributed by atoms with van der Waals surface area (Å²) in [6.45, 7) is 0. The molecule has 0 heterocycles. The van der Waals surface area contributed by atoms with Crippen LogP contribution in [0.3, 0.4) is 0 Å². The van der Waals surface area contributed by atoms with Crippen LogP contribution in [0.4, 0.5) is 8.78 Å². The lowest BCUT2D eigenvalue weighted by atomic mass is 10.1. The zero-order valence-corrected chi connectivity index (χ0v) is 6.96. The number of aldehydes is 1. The molecule has 0 saturated heterocycles. The van der Waals surface area contributed by atoms with Gasteiger partial charge in [-0.25, -0.2) is 8.78 Å². The number of hydrogen-bond donors (Lipinski definition) is 0. The smallest absolute Gasteiger partial charge is 0.153 e. The number of rotatable bonds is 3. The van der Waals surface area contributed by atoms with Gasteiger partial charge in [-0.05, 0) is 12.1 Å². The highest BCUT2D eigenvalue weighted by Crippen LogP contribution is 2.21. The highest BCUT2D eigenvalue weighted by Gasteiger charge is 2.18. The minimum Gasteiger partial charge on any atom is -0.369 e. The van der Waals surface area contributed by atoms with Crippen molar-refractivity contribution in [2.75, 3.05) is 7.11 Å². The quantitative estimate of drug-likeness (QED) is 0.673. The summed E-state index contributed by atoms with van der Waals surface area (Å²) in [4.78, 5) is 10.4. The van der Waals surface area contributed by atoms with Gasteiger partial charge in [-0.15, -0.1) is 0 Å². The summed E-state index contributed by atoms with van der Waals surface area (Å²) in [6, 6.07) is 3.38. The van der Waals surface area contributed by atoms with Gasteiger partial charge in [0.15, 0.2) is 6.29 Å². The van der Waals surface area contributed by atoms with Crippen LogP contribution in [0.1, 0.15) is 11.7 Å². The van der Waals surface area contributed by atoms with E-state index >= 15 is 0 Å². The molecular formula is C9H8F2O2. The molecule has 0 amide bonds. The van der Waals surface area contributed by atoms with Crippen LogP contribution in [0.15, 0.2) is 18.2 Å². The topological polar surface area (TPSA) is 26.3 Å². The van der Waals surface area contributed by atoms with Gasteiger partial charge in [0.1, 0.15) is 17.7 Å². The summed E-state index contributed by atoms with van der Waals surface area (Å²) in [5.41, 5.74) is -0.347. The van der Waals surface area contributed by atoms with Gasteiger partial charge in [0.2, 0.25) is 0 Å². The Labute approximate surface area is 74.1 Å². The van der Waals surface area contributed by atoms with Gasteiger partial charge in [-0.1, -0.05) is 6.07 Å². The SMILES string of the molecule is CO[C@H](C=O)c1c(F)cccc1F. The van der Waals surface area contributed by atoms with Gasteiger partial charge in [0.25, 0.3) is 0 Å². The van der Waals surface area contributed by atoms with Gasteiger partial charge in [-0.2, -0.15) is 0 Å². The number of carbonyl (C=O) groups is 1. The minimum atomic E-state index is -1.18. The van der Waals surface area contributed by atoms with Crippen molar-refractivity contribution in [2.24, 2.45) is 0 Å². The number of carbonyl (C=O) groups excluding carboxylic acids is 1. The van der Waals surface area contributed by atoms with Crippen molar-refractivity contribution in [1.29, 1.82) is 0 Å². The fourth-order valence-corrected chi connectivity index (χ4v) is 1.02. The zero-order chi connectivity index (χ0) is 9.84. The number of hydrogen-bond acceptors (Lipinski definition) is 2. The Morgan fingerprint density at radius 1 is 1.38 bits per heavy atom. The number of benzene rings is 1. The van der Waals surface area contributed by atoms with Crippen molar-refractivity contribution < 1.29 is 18.3 Å². The third-order valence-electron chi connectivity index (χ3n) is 1.66.